The van der Waals surface area contributed by atoms with Gasteiger partial charge >= 0.3 is 14.5 Å². The first-order valence-corrected chi connectivity index (χ1v) is 11.3. The van der Waals surface area contributed by atoms with Gasteiger partial charge in [-0.2, -0.15) is 0 Å². The first kappa shape index (κ1) is 14.8. The Morgan fingerprint density at radius 1 is 1.20 bits per heavy atom. The maximum atomic E-state index is 11.8. The van der Waals surface area contributed by atoms with Crippen molar-refractivity contribution in [3.8, 4) is 0 Å². The number of hydrogen-bond donors (Lipinski definition) is 1. The summed E-state index contributed by atoms with van der Waals surface area (Å²) in [6, 6.07) is 0. The average Bonchev–Trinajstić information content (AvgIpc) is 2.01. The van der Waals surface area contributed by atoms with E-state index in [1.54, 1.807) is 13.1 Å². The van der Waals surface area contributed by atoms with Crippen molar-refractivity contribution in [3.05, 3.63) is 0 Å². The fraction of sp³-hybridized carbons (Fsp3) is 0.889. The molecule has 0 aliphatic carbocycles. The molecule has 0 spiro atoms. The predicted octanol–water partition coefficient (Wildman–Crippen LogP) is 1.51. The molecule has 0 heterocycles. The molecule has 0 bridgehead atoms. The standard InChI is InChI=1S/C9H22O4Si2/c1-9(11,14(3,4)5)8(10)13-15(6,7)12-2/h11H,1-7H3. The van der Waals surface area contributed by atoms with E-state index in [-0.39, 0.29) is 0 Å². The molecule has 0 amide bonds. The normalized spacial score (nSPS) is 17.1. The van der Waals surface area contributed by atoms with Crippen molar-refractivity contribution in [2.45, 2.75) is 44.9 Å². The van der Waals surface area contributed by atoms with Crippen LogP contribution in [-0.2, 0) is 13.6 Å². The smallest absolute Gasteiger partial charge is 0.395 e. The van der Waals surface area contributed by atoms with Crippen LogP contribution in [0.25, 0.3) is 0 Å². The van der Waals surface area contributed by atoms with Crippen LogP contribution in [0, 0.1) is 0 Å². The molecule has 0 saturated carbocycles. The number of rotatable bonds is 4. The molecule has 1 atom stereocenters. The minimum atomic E-state index is -2.42. The summed E-state index contributed by atoms with van der Waals surface area (Å²) in [5.41, 5.74) is 0. The van der Waals surface area contributed by atoms with Gasteiger partial charge in [0.15, 0.2) is 0 Å². The van der Waals surface area contributed by atoms with Crippen LogP contribution in [0.1, 0.15) is 6.92 Å². The van der Waals surface area contributed by atoms with Gasteiger partial charge < -0.3 is 14.0 Å². The zero-order chi connectivity index (χ0) is 12.5. The number of carbonyl (C=O) groups is 1. The zero-order valence-corrected chi connectivity index (χ0v) is 12.7. The summed E-state index contributed by atoms with van der Waals surface area (Å²) >= 11 is 0. The minimum absolute atomic E-state index is 0.555. The third-order valence-electron chi connectivity index (χ3n) is 2.69. The van der Waals surface area contributed by atoms with Crippen molar-refractivity contribution in [2.75, 3.05) is 7.11 Å². The molecule has 0 fully saturated rings. The Morgan fingerprint density at radius 2 is 1.60 bits per heavy atom. The number of carbonyl (C=O) groups excluding carboxylic acids is 1. The molecule has 0 aliphatic heterocycles. The van der Waals surface area contributed by atoms with Crippen molar-refractivity contribution in [1.29, 1.82) is 0 Å². The Morgan fingerprint density at radius 3 is 1.87 bits per heavy atom. The summed E-state index contributed by atoms with van der Waals surface area (Å²) in [6.07, 6.45) is 0. The van der Waals surface area contributed by atoms with Gasteiger partial charge in [0.25, 0.3) is 0 Å². The monoisotopic (exact) mass is 250 g/mol. The van der Waals surface area contributed by atoms with Gasteiger partial charge in [-0.15, -0.1) is 0 Å². The number of aliphatic hydroxyl groups is 1. The first-order valence-electron chi connectivity index (χ1n) is 4.95. The second kappa shape index (κ2) is 4.36. The summed E-state index contributed by atoms with van der Waals surface area (Å²) in [4.78, 5) is 11.8. The van der Waals surface area contributed by atoms with Gasteiger partial charge in [-0.1, -0.05) is 19.6 Å². The van der Waals surface area contributed by atoms with Crippen molar-refractivity contribution < 1.29 is 18.8 Å². The van der Waals surface area contributed by atoms with Gasteiger partial charge in [0, 0.05) is 7.11 Å². The quantitative estimate of drug-likeness (QED) is 0.768. The Balaban J connectivity index is 4.74. The predicted molar refractivity (Wildman–Crippen MR) is 64.6 cm³/mol. The van der Waals surface area contributed by atoms with Crippen molar-refractivity contribution in [1.82, 2.24) is 0 Å². The molecule has 0 aromatic heterocycles. The van der Waals surface area contributed by atoms with Gasteiger partial charge in [-0.05, 0) is 20.0 Å². The summed E-state index contributed by atoms with van der Waals surface area (Å²) in [6.45, 7) is 10.8. The fourth-order valence-electron chi connectivity index (χ4n) is 0.670. The Hall–Kier alpha value is -0.176. The number of hydrogen-bond acceptors (Lipinski definition) is 4. The van der Waals surface area contributed by atoms with E-state index in [0.717, 1.165) is 0 Å². The van der Waals surface area contributed by atoms with E-state index in [9.17, 15) is 9.90 Å². The van der Waals surface area contributed by atoms with E-state index in [2.05, 4.69) is 0 Å². The lowest BCUT2D eigenvalue weighted by molar-refractivity contribution is -0.149. The lowest BCUT2D eigenvalue weighted by Crippen LogP contribution is -2.58. The minimum Gasteiger partial charge on any atom is -0.493 e. The Kier molecular flexibility index (Phi) is 4.31. The molecule has 1 N–H and O–H groups in total. The molecule has 0 aliphatic rings. The summed E-state index contributed by atoms with van der Waals surface area (Å²) in [7, 11) is -2.91. The van der Waals surface area contributed by atoms with Crippen LogP contribution in [0.15, 0.2) is 0 Å². The van der Waals surface area contributed by atoms with Gasteiger partial charge in [0.05, 0.1) is 8.07 Å². The molecular formula is C9H22O4Si2. The average molecular weight is 250 g/mol. The Bertz CT molecular complexity index is 243. The lowest BCUT2D eigenvalue weighted by atomic mass is 10.4. The zero-order valence-electron chi connectivity index (χ0n) is 10.7. The maximum absolute atomic E-state index is 11.8. The highest BCUT2D eigenvalue weighted by Gasteiger charge is 2.47. The summed E-state index contributed by atoms with van der Waals surface area (Å²) < 4.78 is 10.4. The molecule has 90 valence electrons. The fourth-order valence-corrected chi connectivity index (χ4v) is 2.16. The van der Waals surface area contributed by atoms with Gasteiger partial charge in [0.1, 0.15) is 5.22 Å². The highest BCUT2D eigenvalue weighted by molar-refractivity contribution is 6.82. The second-order valence-electron chi connectivity index (χ2n) is 5.32. The van der Waals surface area contributed by atoms with Gasteiger partial charge in [0.2, 0.25) is 0 Å². The molecule has 0 rings (SSSR count). The van der Waals surface area contributed by atoms with E-state index in [0.29, 0.717) is 0 Å². The highest BCUT2D eigenvalue weighted by atomic mass is 28.4. The summed E-state index contributed by atoms with van der Waals surface area (Å²) in [5.74, 6) is -0.555. The summed E-state index contributed by atoms with van der Waals surface area (Å²) in [5, 5.41) is 8.77. The van der Waals surface area contributed by atoms with Gasteiger partial charge in [-0.3, -0.25) is 4.79 Å². The SMILES string of the molecule is CO[Si](C)(C)OC(=O)C(C)(O)[Si](C)(C)C. The van der Waals surface area contributed by atoms with E-state index >= 15 is 0 Å². The molecule has 0 radical (unpaired) electrons. The molecule has 4 nitrogen and oxygen atoms in total. The van der Waals surface area contributed by atoms with Crippen LogP contribution < -0.4 is 0 Å². The molecule has 0 aromatic rings. The van der Waals surface area contributed by atoms with Crippen LogP contribution in [-0.4, -0.2) is 40.0 Å². The van der Waals surface area contributed by atoms with Crippen LogP contribution in [0.5, 0.6) is 0 Å². The molecule has 15 heavy (non-hydrogen) atoms. The Labute approximate surface area is 93.9 Å². The first-order chi connectivity index (χ1) is 6.44. The molecule has 0 saturated heterocycles. The van der Waals surface area contributed by atoms with Crippen molar-refractivity contribution in [2.24, 2.45) is 0 Å². The second-order valence-corrected chi connectivity index (χ2v) is 14.2. The topological polar surface area (TPSA) is 55.8 Å². The van der Waals surface area contributed by atoms with Crippen LogP contribution in [0.4, 0.5) is 0 Å². The third-order valence-corrected chi connectivity index (χ3v) is 7.47. The van der Waals surface area contributed by atoms with E-state index in [4.69, 9.17) is 8.85 Å². The van der Waals surface area contributed by atoms with Crippen molar-refractivity contribution >= 4 is 22.6 Å². The van der Waals surface area contributed by atoms with Crippen molar-refractivity contribution in [3.63, 3.8) is 0 Å². The lowest BCUT2D eigenvalue weighted by Gasteiger charge is -2.35. The molecule has 1 unspecified atom stereocenters. The van der Waals surface area contributed by atoms with Crippen LogP contribution in [0.2, 0.25) is 32.7 Å². The third kappa shape index (κ3) is 3.71. The van der Waals surface area contributed by atoms with E-state index < -0.39 is 27.8 Å². The van der Waals surface area contributed by atoms with Gasteiger partial charge in [-0.25, -0.2) is 0 Å². The van der Waals surface area contributed by atoms with E-state index in [1.807, 2.05) is 19.6 Å². The van der Waals surface area contributed by atoms with Crippen LogP contribution >= 0.6 is 0 Å². The molecular weight excluding hydrogens is 228 g/mol. The highest BCUT2D eigenvalue weighted by Crippen LogP contribution is 2.23. The van der Waals surface area contributed by atoms with Crippen LogP contribution in [0.3, 0.4) is 0 Å². The van der Waals surface area contributed by atoms with E-state index in [1.165, 1.54) is 14.0 Å². The maximum Gasteiger partial charge on any atom is 0.395 e. The molecule has 0 aromatic carbocycles. The molecule has 6 heteroatoms. The largest absolute Gasteiger partial charge is 0.493 e.